The smallest absolute Gasteiger partial charge is 0.324 e. The van der Waals surface area contributed by atoms with Gasteiger partial charge in [-0.3, -0.25) is 0 Å². The topological polar surface area (TPSA) is 108 Å². The van der Waals surface area contributed by atoms with Crippen molar-refractivity contribution in [3.8, 4) is 12.0 Å². The van der Waals surface area contributed by atoms with Crippen molar-refractivity contribution < 1.29 is 14.0 Å². The highest BCUT2D eigenvalue weighted by atomic mass is 16.5. The number of methoxy groups -OCH3 is 2. The van der Waals surface area contributed by atoms with Crippen LogP contribution in [0.15, 0.2) is 10.9 Å². The molecule has 2 aromatic rings. The third-order valence-corrected chi connectivity index (χ3v) is 1.77. The van der Waals surface area contributed by atoms with Gasteiger partial charge in [0.2, 0.25) is 12.3 Å². The molecule has 17 heavy (non-hydrogen) atoms. The van der Waals surface area contributed by atoms with Crippen LogP contribution in [0.1, 0.15) is 5.82 Å². The first-order valence-electron chi connectivity index (χ1n) is 4.65. The molecule has 0 amide bonds. The summed E-state index contributed by atoms with van der Waals surface area (Å²) in [7, 11) is 2.91. The van der Waals surface area contributed by atoms with E-state index in [0.29, 0.717) is 18.3 Å². The lowest BCUT2D eigenvalue weighted by Gasteiger charge is -2.05. The Hall–Kier alpha value is -2.45. The fourth-order valence-corrected chi connectivity index (χ4v) is 1.03. The van der Waals surface area contributed by atoms with Crippen LogP contribution in [0.25, 0.3) is 0 Å². The summed E-state index contributed by atoms with van der Waals surface area (Å²) in [5.74, 6) is 0.793. The van der Waals surface area contributed by atoms with E-state index in [1.807, 2.05) is 0 Å². The Bertz CT molecular complexity index is 452. The van der Waals surface area contributed by atoms with E-state index in [-0.39, 0.29) is 12.0 Å². The van der Waals surface area contributed by atoms with Gasteiger partial charge in [0.1, 0.15) is 0 Å². The van der Waals surface area contributed by atoms with E-state index >= 15 is 0 Å². The fraction of sp³-hybridized carbons (Fsp3) is 0.375. The lowest BCUT2D eigenvalue weighted by molar-refractivity contribution is 0.341. The highest BCUT2D eigenvalue weighted by Gasteiger charge is 2.07. The molecular weight excluding hydrogens is 228 g/mol. The van der Waals surface area contributed by atoms with E-state index in [4.69, 9.17) is 9.47 Å². The minimum absolute atomic E-state index is 0.160. The van der Waals surface area contributed by atoms with Crippen LogP contribution in [0.2, 0.25) is 0 Å². The van der Waals surface area contributed by atoms with Gasteiger partial charge in [-0.15, -0.1) is 4.98 Å². The van der Waals surface area contributed by atoms with E-state index in [0.717, 1.165) is 0 Å². The van der Waals surface area contributed by atoms with E-state index in [1.54, 1.807) is 0 Å². The van der Waals surface area contributed by atoms with Crippen molar-refractivity contribution in [1.82, 2.24) is 25.1 Å². The zero-order valence-electron chi connectivity index (χ0n) is 9.25. The van der Waals surface area contributed by atoms with Crippen LogP contribution in [0, 0.1) is 0 Å². The first kappa shape index (κ1) is 11.0. The van der Waals surface area contributed by atoms with Crippen LogP contribution in [-0.4, -0.2) is 39.3 Å². The molecule has 0 saturated carbocycles. The maximum atomic E-state index is 4.90. The molecule has 1 N–H and O–H groups in total. The summed E-state index contributed by atoms with van der Waals surface area (Å²) in [6.07, 6.45) is 1.24. The van der Waals surface area contributed by atoms with Gasteiger partial charge in [-0.1, -0.05) is 5.16 Å². The van der Waals surface area contributed by atoms with E-state index in [9.17, 15) is 0 Å². The SMILES string of the molecule is COc1nc(NCc2ncon2)nc(OC)n1. The largest absolute Gasteiger partial charge is 0.467 e. The van der Waals surface area contributed by atoms with Crippen LogP contribution in [0.4, 0.5) is 5.95 Å². The summed E-state index contributed by atoms with van der Waals surface area (Å²) >= 11 is 0. The lowest BCUT2D eigenvalue weighted by Crippen LogP contribution is -2.08. The third-order valence-electron chi connectivity index (χ3n) is 1.77. The molecule has 0 aliphatic carbocycles. The quantitative estimate of drug-likeness (QED) is 0.762. The van der Waals surface area contributed by atoms with E-state index < -0.39 is 0 Å². The molecule has 90 valence electrons. The molecule has 0 aliphatic rings. The molecule has 0 aliphatic heterocycles. The predicted octanol–water partition coefficient (Wildman–Crippen LogP) is -0.116. The number of nitrogens with zero attached hydrogens (tertiary/aromatic N) is 5. The molecule has 0 unspecified atom stereocenters. The van der Waals surface area contributed by atoms with Crippen LogP contribution in [0.3, 0.4) is 0 Å². The molecule has 0 atom stereocenters. The molecule has 0 fully saturated rings. The molecule has 0 radical (unpaired) electrons. The second-order valence-corrected chi connectivity index (χ2v) is 2.83. The highest BCUT2D eigenvalue weighted by Crippen LogP contribution is 2.12. The number of ether oxygens (including phenoxy) is 2. The van der Waals surface area contributed by atoms with Gasteiger partial charge in [-0.05, 0) is 0 Å². The number of hydrogen-bond donors (Lipinski definition) is 1. The fourth-order valence-electron chi connectivity index (χ4n) is 1.03. The van der Waals surface area contributed by atoms with Crippen molar-refractivity contribution in [1.29, 1.82) is 0 Å². The summed E-state index contributed by atoms with van der Waals surface area (Å²) in [5, 5.41) is 6.52. The van der Waals surface area contributed by atoms with Gasteiger partial charge in [-0.2, -0.15) is 15.0 Å². The minimum Gasteiger partial charge on any atom is -0.467 e. The van der Waals surface area contributed by atoms with Crippen molar-refractivity contribution in [3.05, 3.63) is 12.2 Å². The molecule has 9 nitrogen and oxygen atoms in total. The molecule has 2 heterocycles. The zero-order valence-corrected chi connectivity index (χ0v) is 9.25. The van der Waals surface area contributed by atoms with Gasteiger partial charge >= 0.3 is 12.0 Å². The van der Waals surface area contributed by atoms with Gasteiger partial charge in [0, 0.05) is 0 Å². The summed E-state index contributed by atoms with van der Waals surface area (Å²) in [5.41, 5.74) is 0. The predicted molar refractivity (Wildman–Crippen MR) is 54.6 cm³/mol. The molecule has 0 saturated heterocycles. The first-order valence-corrected chi connectivity index (χ1v) is 4.65. The van der Waals surface area contributed by atoms with Crippen molar-refractivity contribution in [2.24, 2.45) is 0 Å². The standard InChI is InChI=1S/C8H10N6O3/c1-15-7-11-6(12-8(13-7)16-2)9-3-5-10-4-17-14-5/h4H,3H2,1-2H3,(H,9,11,12,13). The maximum absolute atomic E-state index is 4.90. The second-order valence-electron chi connectivity index (χ2n) is 2.83. The Morgan fingerprint density at radius 1 is 1.18 bits per heavy atom. The minimum atomic E-state index is 0.160. The van der Waals surface area contributed by atoms with E-state index in [2.05, 4.69) is 34.9 Å². The number of rotatable bonds is 5. The Morgan fingerprint density at radius 3 is 2.41 bits per heavy atom. The van der Waals surface area contributed by atoms with Crippen LogP contribution < -0.4 is 14.8 Å². The highest BCUT2D eigenvalue weighted by molar-refractivity contribution is 5.27. The number of anilines is 1. The molecule has 9 heteroatoms. The van der Waals surface area contributed by atoms with Gasteiger partial charge < -0.3 is 19.3 Å². The summed E-state index contributed by atoms with van der Waals surface area (Å²) < 4.78 is 14.4. The zero-order chi connectivity index (χ0) is 12.1. The number of hydrogen-bond acceptors (Lipinski definition) is 9. The molecular formula is C8H10N6O3. The second kappa shape index (κ2) is 5.05. The molecule has 0 spiro atoms. The summed E-state index contributed by atoms with van der Waals surface area (Å²) in [6.45, 7) is 0.326. The molecule has 0 aromatic carbocycles. The van der Waals surface area contributed by atoms with Gasteiger partial charge in [0.25, 0.3) is 0 Å². The molecule has 0 bridgehead atoms. The van der Waals surface area contributed by atoms with Gasteiger partial charge in [-0.25, -0.2) is 0 Å². The average Bonchev–Trinajstić information content (AvgIpc) is 2.89. The van der Waals surface area contributed by atoms with Crippen molar-refractivity contribution in [3.63, 3.8) is 0 Å². The average molecular weight is 238 g/mol. The monoisotopic (exact) mass is 238 g/mol. The Kier molecular flexibility index (Phi) is 3.28. The van der Waals surface area contributed by atoms with Crippen molar-refractivity contribution in [2.75, 3.05) is 19.5 Å². The van der Waals surface area contributed by atoms with Crippen LogP contribution in [0.5, 0.6) is 12.0 Å². The Labute approximate surface area is 96.2 Å². The third kappa shape index (κ3) is 2.77. The number of nitrogens with one attached hydrogen (secondary N) is 1. The van der Waals surface area contributed by atoms with Crippen molar-refractivity contribution >= 4 is 5.95 Å². The lowest BCUT2D eigenvalue weighted by atomic mass is 10.6. The molecule has 2 rings (SSSR count). The normalized spacial score (nSPS) is 10.0. The van der Waals surface area contributed by atoms with Crippen LogP contribution >= 0.6 is 0 Å². The molecule has 2 aromatic heterocycles. The van der Waals surface area contributed by atoms with Gasteiger partial charge in [0.15, 0.2) is 5.82 Å². The summed E-state index contributed by atoms with van der Waals surface area (Å²) in [4.78, 5) is 15.7. The van der Waals surface area contributed by atoms with E-state index in [1.165, 1.54) is 20.6 Å². The number of aromatic nitrogens is 5. The Morgan fingerprint density at radius 2 is 1.88 bits per heavy atom. The first-order chi connectivity index (χ1) is 8.31. The Balaban J connectivity index is 2.09. The van der Waals surface area contributed by atoms with Gasteiger partial charge in [0.05, 0.1) is 20.8 Å². The van der Waals surface area contributed by atoms with Crippen molar-refractivity contribution in [2.45, 2.75) is 6.54 Å². The maximum Gasteiger partial charge on any atom is 0.324 e. The summed E-state index contributed by atoms with van der Waals surface area (Å²) in [6, 6.07) is 0.319. The van der Waals surface area contributed by atoms with Crippen LogP contribution in [-0.2, 0) is 6.54 Å².